The Balaban J connectivity index is 2.47. The van der Waals surface area contributed by atoms with Crippen LogP contribution < -0.4 is 5.56 Å². The topological polar surface area (TPSA) is 58.6 Å². The molecule has 0 bridgehead atoms. The molecule has 2 heterocycles. The number of nitrogens with zero attached hydrogens (tertiary/aromatic N) is 2. The van der Waals surface area contributed by atoms with Gasteiger partial charge < -0.3 is 4.98 Å². The van der Waals surface area contributed by atoms with E-state index in [9.17, 15) is 4.79 Å². The number of thioether (sulfide) groups is 1. The van der Waals surface area contributed by atoms with Crippen molar-refractivity contribution in [1.29, 1.82) is 0 Å². The molecule has 0 radical (unpaired) electrons. The Labute approximate surface area is 101 Å². The highest BCUT2D eigenvalue weighted by Crippen LogP contribution is 2.17. The van der Waals surface area contributed by atoms with Crippen molar-refractivity contribution >= 4 is 33.7 Å². The summed E-state index contributed by atoms with van der Waals surface area (Å²) in [6.45, 7) is 0. The van der Waals surface area contributed by atoms with Gasteiger partial charge in [-0.25, -0.2) is 9.97 Å². The lowest BCUT2D eigenvalue weighted by Crippen LogP contribution is -2.09. The molecule has 2 aromatic heterocycles. The molecule has 17 heavy (non-hydrogen) atoms. The summed E-state index contributed by atoms with van der Waals surface area (Å²) in [5.41, 5.74) is 1.21. The highest BCUT2D eigenvalue weighted by atomic mass is 32.2. The van der Waals surface area contributed by atoms with E-state index in [1.54, 1.807) is 0 Å². The summed E-state index contributed by atoms with van der Waals surface area (Å²) in [6.07, 6.45) is 1.87. The summed E-state index contributed by atoms with van der Waals surface area (Å²) in [4.78, 5) is 23.3. The Morgan fingerprint density at radius 3 is 2.88 bits per heavy atom. The number of fused-ring (bicyclic) bond motifs is 2. The summed E-state index contributed by atoms with van der Waals surface area (Å²) in [5, 5.41) is 2.07. The van der Waals surface area contributed by atoms with E-state index in [1.165, 1.54) is 11.8 Å². The van der Waals surface area contributed by atoms with Gasteiger partial charge in [-0.1, -0.05) is 30.0 Å². The number of hydrogen-bond acceptors (Lipinski definition) is 4. The molecule has 0 saturated heterocycles. The van der Waals surface area contributed by atoms with Crippen LogP contribution in [-0.2, 0) is 0 Å². The minimum Gasteiger partial charge on any atom is -0.301 e. The van der Waals surface area contributed by atoms with Crippen molar-refractivity contribution in [2.45, 2.75) is 5.16 Å². The molecule has 5 heteroatoms. The van der Waals surface area contributed by atoms with Crippen molar-refractivity contribution < 1.29 is 0 Å². The predicted octanol–water partition coefficient (Wildman–Crippen LogP) is 2.19. The first-order valence-corrected chi connectivity index (χ1v) is 6.34. The fourth-order valence-corrected chi connectivity index (χ4v) is 2.12. The molecular weight excluding hydrogens is 234 g/mol. The van der Waals surface area contributed by atoms with Crippen LogP contribution in [0.5, 0.6) is 0 Å². The van der Waals surface area contributed by atoms with Crippen molar-refractivity contribution in [3.63, 3.8) is 0 Å². The van der Waals surface area contributed by atoms with Gasteiger partial charge in [-0.15, -0.1) is 0 Å². The van der Waals surface area contributed by atoms with Gasteiger partial charge in [0.1, 0.15) is 0 Å². The molecule has 0 unspecified atom stereocenters. The first-order chi connectivity index (χ1) is 8.28. The van der Waals surface area contributed by atoms with E-state index in [0.29, 0.717) is 16.2 Å². The fraction of sp³-hybridized carbons (Fsp3) is 0.0833. The first-order valence-electron chi connectivity index (χ1n) is 5.12. The van der Waals surface area contributed by atoms with Crippen LogP contribution in [-0.4, -0.2) is 21.2 Å². The molecule has 3 rings (SSSR count). The Morgan fingerprint density at radius 2 is 2.06 bits per heavy atom. The number of benzene rings is 1. The molecule has 3 aromatic rings. The number of para-hydroxylation sites is 1. The van der Waals surface area contributed by atoms with Crippen molar-refractivity contribution in [1.82, 2.24) is 15.0 Å². The summed E-state index contributed by atoms with van der Waals surface area (Å²) < 4.78 is 0. The molecule has 1 N–H and O–H groups in total. The third-order valence-electron chi connectivity index (χ3n) is 2.57. The van der Waals surface area contributed by atoms with Crippen molar-refractivity contribution in [2.24, 2.45) is 0 Å². The zero-order chi connectivity index (χ0) is 11.8. The van der Waals surface area contributed by atoms with Crippen LogP contribution in [0.1, 0.15) is 0 Å². The number of aromatic amines is 1. The Kier molecular flexibility index (Phi) is 2.33. The number of nitrogens with one attached hydrogen (secondary N) is 1. The molecule has 0 fully saturated rings. The fourth-order valence-electron chi connectivity index (χ4n) is 1.74. The predicted molar refractivity (Wildman–Crippen MR) is 69.4 cm³/mol. The molecule has 4 nitrogen and oxygen atoms in total. The summed E-state index contributed by atoms with van der Waals surface area (Å²) >= 11 is 1.40. The SMILES string of the molecule is CSc1nc2nc3ccccc3cc2c(=O)[nH]1. The second kappa shape index (κ2) is 3.85. The second-order valence-corrected chi connectivity index (χ2v) is 4.42. The van der Waals surface area contributed by atoms with Gasteiger partial charge >= 0.3 is 0 Å². The molecule has 0 aliphatic carbocycles. The van der Waals surface area contributed by atoms with E-state index in [-0.39, 0.29) is 5.56 Å². The lowest BCUT2D eigenvalue weighted by atomic mass is 10.2. The maximum absolute atomic E-state index is 11.9. The summed E-state index contributed by atoms with van der Waals surface area (Å²) in [5.74, 6) is 0. The zero-order valence-corrected chi connectivity index (χ0v) is 9.91. The van der Waals surface area contributed by atoms with Crippen LogP contribution >= 0.6 is 11.8 Å². The second-order valence-electron chi connectivity index (χ2n) is 3.63. The Bertz CT molecular complexity index is 766. The molecule has 0 spiro atoms. The minimum absolute atomic E-state index is 0.141. The normalized spacial score (nSPS) is 11.1. The zero-order valence-electron chi connectivity index (χ0n) is 9.10. The van der Waals surface area contributed by atoms with E-state index >= 15 is 0 Å². The standard InChI is InChI=1S/C12H9N3OS/c1-17-12-14-10-8(11(16)15-12)6-7-4-2-3-5-9(7)13-10/h2-6H,1H3,(H,13,14,15,16). The highest BCUT2D eigenvalue weighted by Gasteiger charge is 2.06. The molecule has 0 atom stereocenters. The first kappa shape index (κ1) is 10.3. The lowest BCUT2D eigenvalue weighted by Gasteiger charge is -2.01. The Morgan fingerprint density at radius 1 is 1.24 bits per heavy atom. The van der Waals surface area contributed by atoms with Crippen LogP contribution in [0, 0.1) is 0 Å². The van der Waals surface area contributed by atoms with Crippen molar-refractivity contribution in [2.75, 3.05) is 6.26 Å². The number of hydrogen-bond donors (Lipinski definition) is 1. The largest absolute Gasteiger partial charge is 0.301 e. The van der Waals surface area contributed by atoms with E-state index < -0.39 is 0 Å². The van der Waals surface area contributed by atoms with Gasteiger partial charge in [0.2, 0.25) is 0 Å². The van der Waals surface area contributed by atoms with Gasteiger partial charge in [-0.05, 0) is 18.4 Å². The Hall–Kier alpha value is -1.88. The molecule has 0 aliphatic rings. The number of aromatic nitrogens is 3. The average Bonchev–Trinajstić information content (AvgIpc) is 2.36. The molecule has 0 amide bonds. The van der Waals surface area contributed by atoms with Crippen LogP contribution in [0.25, 0.3) is 21.9 Å². The van der Waals surface area contributed by atoms with Gasteiger partial charge in [-0.3, -0.25) is 4.79 Å². The van der Waals surface area contributed by atoms with E-state index in [4.69, 9.17) is 0 Å². The van der Waals surface area contributed by atoms with Gasteiger partial charge in [0.15, 0.2) is 10.8 Å². The molecule has 84 valence electrons. The maximum Gasteiger partial charge on any atom is 0.261 e. The summed E-state index contributed by atoms with van der Waals surface area (Å²) in [7, 11) is 0. The quantitative estimate of drug-likeness (QED) is 0.404. The summed E-state index contributed by atoms with van der Waals surface area (Å²) in [6, 6.07) is 9.52. The van der Waals surface area contributed by atoms with Crippen LogP contribution in [0.2, 0.25) is 0 Å². The molecule has 0 aliphatic heterocycles. The van der Waals surface area contributed by atoms with Crippen molar-refractivity contribution in [3.8, 4) is 0 Å². The lowest BCUT2D eigenvalue weighted by molar-refractivity contribution is 0.967. The van der Waals surface area contributed by atoms with E-state index in [0.717, 1.165) is 10.9 Å². The maximum atomic E-state index is 11.9. The van der Waals surface area contributed by atoms with Gasteiger partial charge in [0.05, 0.1) is 10.9 Å². The van der Waals surface area contributed by atoms with Crippen molar-refractivity contribution in [3.05, 3.63) is 40.7 Å². The van der Waals surface area contributed by atoms with Gasteiger partial charge in [-0.2, -0.15) is 0 Å². The monoisotopic (exact) mass is 243 g/mol. The highest BCUT2D eigenvalue weighted by molar-refractivity contribution is 7.98. The average molecular weight is 243 g/mol. The van der Waals surface area contributed by atoms with E-state index in [1.807, 2.05) is 36.6 Å². The number of pyridine rings is 1. The van der Waals surface area contributed by atoms with Crippen LogP contribution in [0.4, 0.5) is 0 Å². The minimum atomic E-state index is -0.141. The van der Waals surface area contributed by atoms with Crippen LogP contribution in [0.3, 0.4) is 0 Å². The van der Waals surface area contributed by atoms with Gasteiger partial charge in [0, 0.05) is 5.39 Å². The van der Waals surface area contributed by atoms with Crippen LogP contribution in [0.15, 0.2) is 40.3 Å². The van der Waals surface area contributed by atoms with E-state index in [2.05, 4.69) is 15.0 Å². The number of H-pyrrole nitrogens is 1. The smallest absolute Gasteiger partial charge is 0.261 e. The number of rotatable bonds is 1. The molecule has 1 aromatic carbocycles. The molecular formula is C12H9N3OS. The van der Waals surface area contributed by atoms with Gasteiger partial charge in [0.25, 0.3) is 5.56 Å². The third kappa shape index (κ3) is 1.68. The third-order valence-corrected chi connectivity index (χ3v) is 3.15. The molecule has 0 saturated carbocycles.